The highest BCUT2D eigenvalue weighted by molar-refractivity contribution is 5.19. The van der Waals surface area contributed by atoms with E-state index in [0.717, 1.165) is 12.1 Å². The maximum absolute atomic E-state index is 5.09. The van der Waals surface area contributed by atoms with Crippen LogP contribution in [0.3, 0.4) is 0 Å². The molecule has 1 aliphatic rings. The zero-order valence-corrected chi connectivity index (χ0v) is 12.6. The molecule has 2 aromatic rings. The molecule has 2 unspecified atom stereocenters. The zero-order chi connectivity index (χ0) is 14.7. The van der Waals surface area contributed by atoms with Gasteiger partial charge < -0.3 is 14.6 Å². The van der Waals surface area contributed by atoms with E-state index in [2.05, 4.69) is 26.8 Å². The minimum atomic E-state index is 0.405. The number of aromatic nitrogens is 3. The van der Waals surface area contributed by atoms with Crippen LogP contribution in [0.15, 0.2) is 30.9 Å². The van der Waals surface area contributed by atoms with Gasteiger partial charge in [0, 0.05) is 30.5 Å². The number of piperidine rings is 1. The maximum Gasteiger partial charge on any atom is 0.212 e. The molecule has 112 valence electrons. The average Bonchev–Trinajstić information content (AvgIpc) is 2.96. The highest BCUT2D eigenvalue weighted by atomic mass is 16.5. The van der Waals surface area contributed by atoms with Crippen LogP contribution in [-0.2, 0) is 6.54 Å². The predicted molar refractivity (Wildman–Crippen MR) is 81.3 cm³/mol. The number of pyridine rings is 1. The first-order chi connectivity index (χ1) is 10.3. The van der Waals surface area contributed by atoms with E-state index in [-0.39, 0.29) is 0 Å². The molecule has 1 fully saturated rings. The maximum atomic E-state index is 5.09. The van der Waals surface area contributed by atoms with Crippen LogP contribution in [0.1, 0.15) is 43.5 Å². The molecule has 1 aliphatic heterocycles. The Kier molecular flexibility index (Phi) is 4.20. The Morgan fingerprint density at radius 2 is 2.24 bits per heavy atom. The molecule has 1 N–H and O–H groups in total. The van der Waals surface area contributed by atoms with Crippen LogP contribution >= 0.6 is 0 Å². The fraction of sp³-hybridized carbons (Fsp3) is 0.500. The summed E-state index contributed by atoms with van der Waals surface area (Å²) < 4.78 is 7.30. The van der Waals surface area contributed by atoms with Crippen LogP contribution in [0.5, 0.6) is 5.88 Å². The lowest BCUT2D eigenvalue weighted by Crippen LogP contribution is -2.35. The van der Waals surface area contributed by atoms with Gasteiger partial charge in [-0.1, -0.05) is 6.07 Å². The summed E-state index contributed by atoms with van der Waals surface area (Å²) in [6.07, 6.45) is 9.45. The zero-order valence-electron chi connectivity index (χ0n) is 12.6. The van der Waals surface area contributed by atoms with E-state index >= 15 is 0 Å². The minimum Gasteiger partial charge on any atom is -0.481 e. The Morgan fingerprint density at radius 3 is 2.95 bits per heavy atom. The van der Waals surface area contributed by atoms with E-state index in [1.54, 1.807) is 7.11 Å². The number of nitrogens with zero attached hydrogens (tertiary/aromatic N) is 3. The summed E-state index contributed by atoms with van der Waals surface area (Å²) in [5.41, 5.74) is 2.41. The van der Waals surface area contributed by atoms with Crippen molar-refractivity contribution in [2.24, 2.45) is 0 Å². The molecular formula is C16H22N4O. The molecule has 0 aromatic carbocycles. The van der Waals surface area contributed by atoms with E-state index in [4.69, 9.17) is 4.74 Å². The molecule has 5 nitrogen and oxygen atoms in total. The van der Waals surface area contributed by atoms with Crippen molar-refractivity contribution in [3.8, 4) is 5.88 Å². The summed E-state index contributed by atoms with van der Waals surface area (Å²) in [6, 6.07) is 4.93. The van der Waals surface area contributed by atoms with Gasteiger partial charge >= 0.3 is 0 Å². The second-order valence-electron chi connectivity index (χ2n) is 5.71. The van der Waals surface area contributed by atoms with Crippen molar-refractivity contribution in [3.63, 3.8) is 0 Å². The second-order valence-corrected chi connectivity index (χ2v) is 5.71. The molecular weight excluding hydrogens is 264 g/mol. The second kappa shape index (κ2) is 6.26. The fourth-order valence-corrected chi connectivity index (χ4v) is 2.95. The van der Waals surface area contributed by atoms with Crippen molar-refractivity contribution in [2.45, 2.75) is 44.8 Å². The molecule has 3 rings (SSSR count). The van der Waals surface area contributed by atoms with Gasteiger partial charge in [-0.15, -0.1) is 0 Å². The third kappa shape index (κ3) is 3.24. The number of hydrogen-bond acceptors (Lipinski definition) is 4. The lowest BCUT2D eigenvalue weighted by atomic mass is 9.97. The molecule has 2 aromatic heterocycles. The molecule has 0 aliphatic carbocycles. The van der Waals surface area contributed by atoms with Crippen LogP contribution in [0.4, 0.5) is 0 Å². The predicted octanol–water partition coefficient (Wildman–Crippen LogP) is 2.54. The van der Waals surface area contributed by atoms with Gasteiger partial charge in [0.2, 0.25) is 5.88 Å². The van der Waals surface area contributed by atoms with Gasteiger partial charge in [-0.2, -0.15) is 0 Å². The average molecular weight is 286 g/mol. The summed E-state index contributed by atoms with van der Waals surface area (Å²) in [4.78, 5) is 8.59. The van der Waals surface area contributed by atoms with Gasteiger partial charge in [0.25, 0.3) is 0 Å². The van der Waals surface area contributed by atoms with Crippen molar-refractivity contribution >= 4 is 0 Å². The van der Waals surface area contributed by atoms with Crippen molar-refractivity contribution < 1.29 is 4.74 Å². The molecule has 5 heteroatoms. The van der Waals surface area contributed by atoms with Crippen LogP contribution in [0.2, 0.25) is 0 Å². The Bertz CT molecular complexity index is 578. The van der Waals surface area contributed by atoms with E-state index in [9.17, 15) is 0 Å². The van der Waals surface area contributed by atoms with Crippen LogP contribution < -0.4 is 10.1 Å². The molecule has 21 heavy (non-hydrogen) atoms. The van der Waals surface area contributed by atoms with Gasteiger partial charge in [-0.3, -0.25) is 0 Å². The normalized spacial score (nSPS) is 22.2. The molecule has 0 bridgehead atoms. The third-order valence-corrected chi connectivity index (χ3v) is 4.08. The number of methoxy groups -OCH3 is 1. The molecule has 2 atom stereocenters. The summed E-state index contributed by atoms with van der Waals surface area (Å²) in [5.74, 6) is 0.646. The Morgan fingerprint density at radius 1 is 1.33 bits per heavy atom. The first-order valence-electron chi connectivity index (χ1n) is 7.51. The van der Waals surface area contributed by atoms with E-state index in [1.165, 1.54) is 25.0 Å². The van der Waals surface area contributed by atoms with E-state index in [0.29, 0.717) is 18.0 Å². The van der Waals surface area contributed by atoms with E-state index < -0.39 is 0 Å². The van der Waals surface area contributed by atoms with Gasteiger partial charge in [0.1, 0.15) is 0 Å². The SMILES string of the molecule is COc1ccc(Cn2cncc2C2CCCC(C)N2)cn1. The molecule has 1 saturated heterocycles. The third-order valence-electron chi connectivity index (χ3n) is 4.08. The monoisotopic (exact) mass is 286 g/mol. The number of ether oxygens (including phenoxy) is 1. The van der Waals surface area contributed by atoms with Crippen molar-refractivity contribution in [2.75, 3.05) is 7.11 Å². The van der Waals surface area contributed by atoms with Crippen LogP contribution in [0.25, 0.3) is 0 Å². The quantitative estimate of drug-likeness (QED) is 0.938. The Balaban J connectivity index is 1.75. The van der Waals surface area contributed by atoms with Crippen molar-refractivity contribution in [1.29, 1.82) is 0 Å². The molecule has 0 radical (unpaired) electrons. The number of nitrogens with one attached hydrogen (secondary N) is 1. The topological polar surface area (TPSA) is 52.0 Å². The van der Waals surface area contributed by atoms with Gasteiger partial charge in [-0.25, -0.2) is 9.97 Å². The summed E-state index contributed by atoms with van der Waals surface area (Å²) in [6.45, 7) is 3.04. The number of rotatable bonds is 4. The standard InChI is InChI=1S/C16H22N4O/c1-12-4-3-5-14(19-12)15-9-17-11-20(15)10-13-6-7-16(21-2)18-8-13/h6-9,11-12,14,19H,3-5,10H2,1-2H3. The number of imidazole rings is 1. The first kappa shape index (κ1) is 14.1. The van der Waals surface area contributed by atoms with Crippen molar-refractivity contribution in [3.05, 3.63) is 42.1 Å². The largest absolute Gasteiger partial charge is 0.481 e. The summed E-state index contributed by atoms with van der Waals surface area (Å²) >= 11 is 0. The summed E-state index contributed by atoms with van der Waals surface area (Å²) in [5, 5.41) is 3.67. The number of hydrogen-bond donors (Lipinski definition) is 1. The highest BCUT2D eigenvalue weighted by Gasteiger charge is 2.22. The lowest BCUT2D eigenvalue weighted by Gasteiger charge is -2.29. The van der Waals surface area contributed by atoms with Crippen LogP contribution in [0, 0.1) is 0 Å². The Hall–Kier alpha value is -1.88. The molecule has 0 saturated carbocycles. The van der Waals surface area contributed by atoms with Crippen LogP contribution in [-0.4, -0.2) is 27.7 Å². The molecule has 0 amide bonds. The van der Waals surface area contributed by atoms with Gasteiger partial charge in [0.15, 0.2) is 0 Å². The molecule has 0 spiro atoms. The lowest BCUT2D eigenvalue weighted by molar-refractivity contribution is 0.330. The van der Waals surface area contributed by atoms with Crippen molar-refractivity contribution in [1.82, 2.24) is 19.9 Å². The molecule has 3 heterocycles. The summed E-state index contributed by atoms with van der Waals surface area (Å²) in [7, 11) is 1.63. The fourth-order valence-electron chi connectivity index (χ4n) is 2.95. The van der Waals surface area contributed by atoms with Gasteiger partial charge in [-0.05, 0) is 31.7 Å². The van der Waals surface area contributed by atoms with E-state index in [1.807, 2.05) is 30.9 Å². The first-order valence-corrected chi connectivity index (χ1v) is 7.51. The minimum absolute atomic E-state index is 0.405. The highest BCUT2D eigenvalue weighted by Crippen LogP contribution is 2.25. The smallest absolute Gasteiger partial charge is 0.212 e. The van der Waals surface area contributed by atoms with Gasteiger partial charge in [0.05, 0.1) is 25.7 Å². The Labute approximate surface area is 125 Å².